The summed E-state index contributed by atoms with van der Waals surface area (Å²) < 4.78 is 14.6. The molecule has 47 heavy (non-hydrogen) atoms. The fraction of sp³-hybridized carbons (Fsp3) is 0.0870. The second kappa shape index (κ2) is 10.4. The molecule has 0 spiro atoms. The zero-order valence-electron chi connectivity index (χ0n) is 27.8. The van der Waals surface area contributed by atoms with E-state index in [1.165, 1.54) is 65.9 Å². The van der Waals surface area contributed by atoms with Crippen molar-refractivity contribution in [1.82, 2.24) is 0 Å². The maximum Gasteiger partial charge on any atom is 0.139 e. The maximum atomic E-state index is 7.96. The number of fused-ring (bicyclic) bond motifs is 6. The number of hydrogen-bond acceptors (Lipinski definition) is 1. The number of furan rings is 1. The Bertz CT molecular complexity index is 2650. The van der Waals surface area contributed by atoms with Crippen molar-refractivity contribution in [3.05, 3.63) is 157 Å². The molecule has 0 fully saturated rings. The summed E-state index contributed by atoms with van der Waals surface area (Å²) in [7, 11) is 0. The van der Waals surface area contributed by atoms with Gasteiger partial charge in [0.05, 0.1) is 1.37 Å². The van der Waals surface area contributed by atoms with Crippen LogP contribution in [0.2, 0.25) is 0 Å². The fourth-order valence-electron chi connectivity index (χ4n) is 7.49. The Morgan fingerprint density at radius 2 is 1.09 bits per heavy atom. The zero-order chi connectivity index (χ0) is 32.6. The van der Waals surface area contributed by atoms with Crippen molar-refractivity contribution < 1.29 is 5.79 Å². The standard InChI is InChI=1S/C46H34O/c1-46(2,3)40-27-26-39(44-38-18-10-11-19-41(38)47-45(40)44)43-36-16-8-6-14-34(36)42(35-15-7-9-17-37(35)43)31-23-20-30(21-24-31)33-25-22-29-12-4-5-13-32(29)28-33/h4-28H,1-3H3/i4D. The van der Waals surface area contributed by atoms with E-state index in [0.29, 0.717) is 6.04 Å². The first-order valence-corrected chi connectivity index (χ1v) is 16.3. The van der Waals surface area contributed by atoms with Crippen molar-refractivity contribution in [3.63, 3.8) is 0 Å². The smallest absolute Gasteiger partial charge is 0.139 e. The summed E-state index contributed by atoms with van der Waals surface area (Å²) in [4.78, 5) is 0. The van der Waals surface area contributed by atoms with Crippen LogP contribution in [0.3, 0.4) is 0 Å². The molecule has 0 unspecified atom stereocenters. The summed E-state index contributed by atoms with van der Waals surface area (Å²) in [6, 6.07) is 52.6. The molecule has 8 aromatic carbocycles. The monoisotopic (exact) mass is 603 g/mol. The first kappa shape index (κ1) is 26.5. The minimum Gasteiger partial charge on any atom is -0.456 e. The Labute approximate surface area is 276 Å². The molecule has 9 rings (SSSR count). The van der Waals surface area contributed by atoms with Gasteiger partial charge in [0.2, 0.25) is 0 Å². The Hall–Kier alpha value is -5.66. The third-order valence-electron chi connectivity index (χ3n) is 9.73. The molecule has 0 amide bonds. The molecule has 9 aromatic rings. The van der Waals surface area contributed by atoms with Gasteiger partial charge in [-0.15, -0.1) is 0 Å². The molecule has 0 bridgehead atoms. The van der Waals surface area contributed by atoms with E-state index in [4.69, 9.17) is 5.79 Å². The highest BCUT2D eigenvalue weighted by atomic mass is 16.3. The van der Waals surface area contributed by atoms with Gasteiger partial charge in [0.1, 0.15) is 11.2 Å². The van der Waals surface area contributed by atoms with Crippen LogP contribution in [-0.2, 0) is 5.41 Å². The summed E-state index contributed by atoms with van der Waals surface area (Å²) in [5, 5.41) is 9.50. The second-order valence-electron chi connectivity index (χ2n) is 13.6. The molecular formula is C46H34O. The third kappa shape index (κ3) is 4.38. The Kier molecular flexibility index (Phi) is 5.90. The molecule has 0 aliphatic heterocycles. The van der Waals surface area contributed by atoms with Crippen molar-refractivity contribution in [2.45, 2.75) is 26.2 Å². The summed E-state index contributed by atoms with van der Waals surface area (Å²) >= 11 is 0. The lowest BCUT2D eigenvalue weighted by molar-refractivity contribution is 0.573. The van der Waals surface area contributed by atoms with E-state index in [1.54, 1.807) is 0 Å². The van der Waals surface area contributed by atoms with Gasteiger partial charge in [0.15, 0.2) is 0 Å². The quantitative estimate of drug-likeness (QED) is 0.183. The van der Waals surface area contributed by atoms with Gasteiger partial charge in [-0.2, -0.15) is 0 Å². The lowest BCUT2D eigenvalue weighted by Crippen LogP contribution is -2.11. The predicted molar refractivity (Wildman–Crippen MR) is 201 cm³/mol. The second-order valence-corrected chi connectivity index (χ2v) is 13.6. The molecule has 0 atom stereocenters. The number of rotatable bonds is 3. The van der Waals surface area contributed by atoms with Gasteiger partial charge in [-0.1, -0.05) is 160 Å². The molecule has 0 saturated carbocycles. The van der Waals surface area contributed by atoms with E-state index in [0.717, 1.165) is 27.3 Å². The van der Waals surface area contributed by atoms with Crippen molar-refractivity contribution in [3.8, 4) is 33.4 Å². The van der Waals surface area contributed by atoms with E-state index in [2.05, 4.69) is 148 Å². The van der Waals surface area contributed by atoms with Crippen LogP contribution in [0.25, 0.3) is 87.6 Å². The van der Waals surface area contributed by atoms with Crippen LogP contribution in [0.15, 0.2) is 156 Å². The highest BCUT2D eigenvalue weighted by Crippen LogP contribution is 2.48. The van der Waals surface area contributed by atoms with Crippen molar-refractivity contribution in [2.75, 3.05) is 0 Å². The van der Waals surface area contributed by atoms with E-state index < -0.39 is 0 Å². The Morgan fingerprint density at radius 1 is 0.489 bits per heavy atom. The van der Waals surface area contributed by atoms with E-state index in [9.17, 15) is 0 Å². The highest BCUT2D eigenvalue weighted by Gasteiger charge is 2.25. The van der Waals surface area contributed by atoms with Crippen LogP contribution in [0.5, 0.6) is 0 Å². The molecule has 1 heterocycles. The minimum absolute atomic E-state index is 0.0663. The normalized spacial score (nSPS) is 12.4. The summed E-state index contributed by atoms with van der Waals surface area (Å²) in [5.74, 6) is 0. The molecule has 0 aliphatic rings. The average molecular weight is 604 g/mol. The number of benzene rings is 8. The maximum absolute atomic E-state index is 7.96. The molecule has 0 radical (unpaired) electrons. The van der Waals surface area contributed by atoms with E-state index >= 15 is 0 Å². The van der Waals surface area contributed by atoms with Gasteiger partial charge in [-0.05, 0) is 83.2 Å². The van der Waals surface area contributed by atoms with Crippen LogP contribution in [-0.4, -0.2) is 0 Å². The molecular weight excluding hydrogens is 569 g/mol. The first-order valence-electron chi connectivity index (χ1n) is 16.8. The van der Waals surface area contributed by atoms with Gasteiger partial charge >= 0.3 is 0 Å². The van der Waals surface area contributed by atoms with Gasteiger partial charge in [-0.25, -0.2) is 0 Å². The largest absolute Gasteiger partial charge is 0.456 e. The minimum atomic E-state index is -0.0663. The summed E-state index contributed by atoms with van der Waals surface area (Å²) in [6.07, 6.45) is 0. The summed E-state index contributed by atoms with van der Waals surface area (Å²) in [5.41, 5.74) is 10.3. The molecule has 0 aliphatic carbocycles. The molecule has 0 N–H and O–H groups in total. The van der Waals surface area contributed by atoms with E-state index in [1.807, 2.05) is 18.2 Å². The Balaban J connectivity index is 1.29. The summed E-state index contributed by atoms with van der Waals surface area (Å²) in [6.45, 7) is 6.77. The van der Waals surface area contributed by atoms with Gasteiger partial charge < -0.3 is 4.42 Å². The molecule has 1 heteroatoms. The van der Waals surface area contributed by atoms with Crippen LogP contribution in [0.4, 0.5) is 0 Å². The molecule has 1 nitrogen and oxygen atoms in total. The predicted octanol–water partition coefficient (Wildman–Crippen LogP) is 13.3. The average Bonchev–Trinajstić information content (AvgIpc) is 3.49. The first-order chi connectivity index (χ1) is 23.3. The van der Waals surface area contributed by atoms with Crippen LogP contribution in [0, 0.1) is 0 Å². The van der Waals surface area contributed by atoms with Crippen molar-refractivity contribution >= 4 is 54.3 Å². The highest BCUT2D eigenvalue weighted by molar-refractivity contribution is 6.25. The van der Waals surface area contributed by atoms with Crippen LogP contribution >= 0.6 is 0 Å². The van der Waals surface area contributed by atoms with Gasteiger partial charge in [0.25, 0.3) is 0 Å². The van der Waals surface area contributed by atoms with Crippen LogP contribution in [0.1, 0.15) is 27.7 Å². The van der Waals surface area contributed by atoms with Gasteiger partial charge in [0, 0.05) is 16.3 Å². The lowest BCUT2D eigenvalue weighted by Gasteiger charge is -2.22. The topological polar surface area (TPSA) is 13.1 Å². The zero-order valence-corrected chi connectivity index (χ0v) is 26.8. The van der Waals surface area contributed by atoms with Gasteiger partial charge in [-0.3, -0.25) is 0 Å². The molecule has 224 valence electrons. The molecule has 0 saturated heterocycles. The van der Waals surface area contributed by atoms with Crippen LogP contribution < -0.4 is 0 Å². The number of para-hydroxylation sites is 1. The number of hydrogen-bond donors (Lipinski definition) is 0. The van der Waals surface area contributed by atoms with Crippen molar-refractivity contribution in [1.29, 1.82) is 0 Å². The third-order valence-corrected chi connectivity index (χ3v) is 9.73. The molecule has 1 aromatic heterocycles. The van der Waals surface area contributed by atoms with E-state index in [-0.39, 0.29) is 5.41 Å². The van der Waals surface area contributed by atoms with Crippen molar-refractivity contribution in [2.24, 2.45) is 0 Å². The lowest BCUT2D eigenvalue weighted by atomic mass is 9.81. The Morgan fingerprint density at radius 3 is 1.77 bits per heavy atom. The SMILES string of the molecule is [2H]c1ccc2cc(-c3ccc(-c4c5ccccc5c(-c5ccc(C(C)(C)C)c6oc7ccccc7c56)c5ccccc45)cc3)ccc2c1. The fourth-order valence-corrected chi connectivity index (χ4v) is 7.49.